The Labute approximate surface area is 170 Å². The van der Waals surface area contributed by atoms with Crippen LogP contribution in [0.25, 0.3) is 0 Å². The highest BCUT2D eigenvalue weighted by molar-refractivity contribution is 7.92. The van der Waals surface area contributed by atoms with Crippen LogP contribution in [0.1, 0.15) is 18.9 Å². The number of aryl methyl sites for hydroxylation is 1. The van der Waals surface area contributed by atoms with E-state index in [1.807, 2.05) is 24.3 Å². The highest BCUT2D eigenvalue weighted by Crippen LogP contribution is 2.35. The lowest BCUT2D eigenvalue weighted by molar-refractivity contribution is -0.127. The summed E-state index contributed by atoms with van der Waals surface area (Å²) in [4.78, 5) is 12.5. The molecule has 0 fully saturated rings. The monoisotopic (exact) mass is 422 g/mol. The van der Waals surface area contributed by atoms with Crippen LogP contribution in [0.15, 0.2) is 48.5 Å². The van der Waals surface area contributed by atoms with E-state index in [0.717, 1.165) is 18.4 Å². The van der Waals surface area contributed by atoms with Crippen molar-refractivity contribution < 1.29 is 17.9 Å². The summed E-state index contributed by atoms with van der Waals surface area (Å²) in [6, 6.07) is 14.4. The van der Waals surface area contributed by atoms with Gasteiger partial charge in [0, 0.05) is 11.6 Å². The molecule has 2 aromatic rings. The number of nitrogens with zero attached hydrogens (tertiary/aromatic N) is 1. The zero-order valence-electron chi connectivity index (χ0n) is 15.6. The first-order chi connectivity index (χ1) is 13.4. The van der Waals surface area contributed by atoms with Crippen molar-refractivity contribution in [2.24, 2.45) is 0 Å². The van der Waals surface area contributed by atoms with Crippen molar-refractivity contribution in [1.29, 1.82) is 0 Å². The molecule has 3 rings (SSSR count). The lowest BCUT2D eigenvalue weighted by atomic mass is 10.1. The van der Waals surface area contributed by atoms with Gasteiger partial charge < -0.3 is 10.1 Å². The average Bonchev–Trinajstić information content (AvgIpc) is 2.71. The molecule has 0 saturated heterocycles. The third-order valence-electron chi connectivity index (χ3n) is 4.58. The largest absolute Gasteiger partial charge is 0.476 e. The summed E-state index contributed by atoms with van der Waals surface area (Å²) in [5, 5.41) is 3.54. The fraction of sp³-hybridized carbons (Fsp3) is 0.350. The van der Waals surface area contributed by atoms with Gasteiger partial charge in [0.25, 0.3) is 5.91 Å². The smallest absolute Gasteiger partial charge is 0.263 e. The molecule has 0 aromatic heterocycles. The Hall–Kier alpha value is -2.25. The van der Waals surface area contributed by atoms with Gasteiger partial charge in [-0.25, -0.2) is 8.42 Å². The molecule has 0 bridgehead atoms. The number of amides is 1. The number of ether oxygens (including phenoxy) is 1. The Bertz CT molecular complexity index is 931. The van der Waals surface area contributed by atoms with Crippen LogP contribution in [0.2, 0.25) is 5.02 Å². The van der Waals surface area contributed by atoms with Crippen LogP contribution in [0.5, 0.6) is 5.75 Å². The first kappa shape index (κ1) is 20.5. The van der Waals surface area contributed by atoms with E-state index >= 15 is 0 Å². The molecular formula is C20H23ClN2O4S. The number of sulfonamides is 1. The average molecular weight is 423 g/mol. The van der Waals surface area contributed by atoms with Crippen LogP contribution in [0.4, 0.5) is 5.69 Å². The standard InChI is InChI=1S/C20H23ClN2O4S/c1-2-28(25,26)23-14-19(27-18-8-4-3-7-17(18)23)20(24)22-13-5-6-15-9-11-16(21)12-10-15/h3-4,7-12,19H,2,5-6,13-14H2,1H3,(H,22,24)/t19-/m1/s1. The van der Waals surface area contributed by atoms with Gasteiger partial charge in [0.05, 0.1) is 18.0 Å². The maximum Gasteiger partial charge on any atom is 0.263 e. The van der Waals surface area contributed by atoms with E-state index in [2.05, 4.69) is 5.32 Å². The van der Waals surface area contributed by atoms with Crippen molar-refractivity contribution in [3.63, 3.8) is 0 Å². The number of carbonyl (C=O) groups excluding carboxylic acids is 1. The van der Waals surface area contributed by atoms with E-state index in [0.29, 0.717) is 23.0 Å². The molecule has 1 N–H and O–H groups in total. The summed E-state index contributed by atoms with van der Waals surface area (Å²) in [5.41, 5.74) is 1.61. The van der Waals surface area contributed by atoms with Crippen molar-refractivity contribution in [2.75, 3.05) is 23.1 Å². The minimum absolute atomic E-state index is 0.0315. The van der Waals surface area contributed by atoms with Crippen LogP contribution in [-0.4, -0.2) is 39.3 Å². The van der Waals surface area contributed by atoms with E-state index in [1.165, 1.54) is 4.31 Å². The number of fused-ring (bicyclic) bond motifs is 1. The molecule has 8 heteroatoms. The molecule has 0 spiro atoms. The second-order valence-electron chi connectivity index (χ2n) is 6.53. The minimum Gasteiger partial charge on any atom is -0.476 e. The van der Waals surface area contributed by atoms with Crippen LogP contribution in [0, 0.1) is 0 Å². The molecule has 1 aliphatic rings. The molecule has 0 saturated carbocycles. The fourth-order valence-electron chi connectivity index (χ4n) is 3.03. The van der Waals surface area contributed by atoms with Gasteiger partial charge >= 0.3 is 0 Å². The zero-order chi connectivity index (χ0) is 20.1. The second-order valence-corrected chi connectivity index (χ2v) is 9.15. The fourth-order valence-corrected chi connectivity index (χ4v) is 4.28. The molecule has 1 atom stereocenters. The van der Waals surface area contributed by atoms with E-state index in [1.54, 1.807) is 31.2 Å². The lowest BCUT2D eigenvalue weighted by Gasteiger charge is -2.34. The quantitative estimate of drug-likeness (QED) is 0.696. The Morgan fingerprint density at radius 3 is 2.64 bits per heavy atom. The molecule has 1 heterocycles. The van der Waals surface area contributed by atoms with E-state index in [-0.39, 0.29) is 18.2 Å². The summed E-state index contributed by atoms with van der Waals surface area (Å²) in [5.74, 6) is 0.0329. The van der Waals surface area contributed by atoms with Gasteiger partial charge in [-0.15, -0.1) is 0 Å². The molecular weight excluding hydrogens is 400 g/mol. The predicted octanol–water partition coefficient (Wildman–Crippen LogP) is 3.01. The number of carbonyl (C=O) groups is 1. The normalized spacial score (nSPS) is 16.2. The van der Waals surface area contributed by atoms with Crippen molar-refractivity contribution in [1.82, 2.24) is 5.32 Å². The number of hydrogen-bond acceptors (Lipinski definition) is 4. The van der Waals surface area contributed by atoms with Gasteiger partial charge in [0.15, 0.2) is 6.10 Å². The van der Waals surface area contributed by atoms with Crippen LogP contribution >= 0.6 is 11.6 Å². The number of nitrogens with one attached hydrogen (secondary N) is 1. The number of para-hydroxylation sites is 2. The molecule has 0 aliphatic carbocycles. The van der Waals surface area contributed by atoms with Gasteiger partial charge in [0.1, 0.15) is 5.75 Å². The highest BCUT2D eigenvalue weighted by atomic mass is 35.5. The molecule has 2 aromatic carbocycles. The Morgan fingerprint density at radius 1 is 1.21 bits per heavy atom. The van der Waals surface area contributed by atoms with Gasteiger partial charge in [-0.2, -0.15) is 0 Å². The first-order valence-corrected chi connectivity index (χ1v) is 11.2. The number of benzene rings is 2. The zero-order valence-corrected chi connectivity index (χ0v) is 17.2. The Kier molecular flexibility index (Phi) is 6.46. The minimum atomic E-state index is -3.50. The Morgan fingerprint density at radius 2 is 1.93 bits per heavy atom. The van der Waals surface area contributed by atoms with E-state index in [9.17, 15) is 13.2 Å². The van der Waals surface area contributed by atoms with Crippen LogP contribution < -0.4 is 14.4 Å². The summed E-state index contributed by atoms with van der Waals surface area (Å²) in [7, 11) is -3.50. The molecule has 0 radical (unpaired) electrons. The maximum atomic E-state index is 12.5. The number of halogens is 1. The van der Waals surface area contributed by atoms with E-state index in [4.69, 9.17) is 16.3 Å². The molecule has 6 nitrogen and oxygen atoms in total. The third kappa shape index (κ3) is 4.77. The lowest BCUT2D eigenvalue weighted by Crippen LogP contribution is -2.51. The van der Waals surface area contributed by atoms with Gasteiger partial charge in [-0.1, -0.05) is 35.9 Å². The summed E-state index contributed by atoms with van der Waals surface area (Å²) in [6.45, 7) is 2.03. The number of anilines is 1. The topological polar surface area (TPSA) is 75.7 Å². The molecule has 0 unspecified atom stereocenters. The van der Waals surface area contributed by atoms with Gasteiger partial charge in [-0.05, 0) is 49.6 Å². The summed E-state index contributed by atoms with van der Waals surface area (Å²) in [6.07, 6.45) is 0.683. The summed E-state index contributed by atoms with van der Waals surface area (Å²) >= 11 is 5.87. The second kappa shape index (κ2) is 8.84. The SMILES string of the molecule is CCS(=O)(=O)N1C[C@H](C(=O)NCCCc2ccc(Cl)cc2)Oc2ccccc21. The molecule has 150 valence electrons. The number of hydrogen-bond donors (Lipinski definition) is 1. The number of rotatable bonds is 7. The van der Waals surface area contributed by atoms with Crippen molar-refractivity contribution in [3.05, 3.63) is 59.1 Å². The van der Waals surface area contributed by atoms with Crippen molar-refractivity contribution in [3.8, 4) is 5.75 Å². The third-order valence-corrected chi connectivity index (χ3v) is 6.58. The molecule has 1 amide bonds. The molecule has 1 aliphatic heterocycles. The maximum absolute atomic E-state index is 12.5. The van der Waals surface area contributed by atoms with Crippen LogP contribution in [0.3, 0.4) is 0 Å². The van der Waals surface area contributed by atoms with Gasteiger partial charge in [-0.3, -0.25) is 9.10 Å². The molecule has 28 heavy (non-hydrogen) atoms. The highest BCUT2D eigenvalue weighted by Gasteiger charge is 2.35. The summed E-state index contributed by atoms with van der Waals surface area (Å²) < 4.78 is 31.9. The van der Waals surface area contributed by atoms with Gasteiger partial charge in [0.2, 0.25) is 10.0 Å². The first-order valence-electron chi connectivity index (χ1n) is 9.19. The predicted molar refractivity (Wildman–Crippen MR) is 110 cm³/mol. The van der Waals surface area contributed by atoms with Crippen molar-refractivity contribution in [2.45, 2.75) is 25.9 Å². The van der Waals surface area contributed by atoms with E-state index < -0.39 is 16.1 Å². The van der Waals surface area contributed by atoms with Crippen LogP contribution in [-0.2, 0) is 21.2 Å². The Balaban J connectivity index is 1.60. The van der Waals surface area contributed by atoms with Crippen molar-refractivity contribution >= 4 is 33.2 Å².